The number of benzene rings is 1. The third-order valence-electron chi connectivity index (χ3n) is 2.74. The zero-order valence-electron chi connectivity index (χ0n) is 10.0. The van der Waals surface area contributed by atoms with Crippen molar-refractivity contribution in [1.29, 1.82) is 0 Å². The Labute approximate surface area is 107 Å². The van der Waals surface area contributed by atoms with Crippen LogP contribution >= 0.6 is 0 Å². The minimum absolute atomic E-state index is 0.315. The average Bonchev–Trinajstić information content (AvgIpc) is 2.99. The molecule has 0 aliphatic rings. The van der Waals surface area contributed by atoms with Crippen LogP contribution < -0.4 is 5.73 Å². The minimum atomic E-state index is -0.315. The van der Waals surface area contributed by atoms with E-state index in [2.05, 4.69) is 25.7 Å². The van der Waals surface area contributed by atoms with Crippen molar-refractivity contribution < 1.29 is 4.39 Å². The van der Waals surface area contributed by atoms with E-state index in [4.69, 9.17) is 5.73 Å². The van der Waals surface area contributed by atoms with E-state index in [1.165, 1.54) is 16.8 Å². The average molecular weight is 259 g/mol. The standard InChI is InChI=1S/C11H10FN7/c1-6-9(11-14-17-18-15-11)10(13)19(16-6)8-4-2-7(12)3-5-8/h2-5H,13H2,1H3,(H,14,15,17,18). The first-order valence-electron chi connectivity index (χ1n) is 5.51. The largest absolute Gasteiger partial charge is 0.383 e. The molecular formula is C11H10FN7. The van der Waals surface area contributed by atoms with Crippen LogP contribution in [-0.2, 0) is 0 Å². The Morgan fingerprint density at radius 3 is 2.63 bits per heavy atom. The molecule has 3 aromatic rings. The first-order chi connectivity index (χ1) is 9.16. The van der Waals surface area contributed by atoms with Gasteiger partial charge in [0, 0.05) is 0 Å². The van der Waals surface area contributed by atoms with Gasteiger partial charge in [-0.1, -0.05) is 0 Å². The van der Waals surface area contributed by atoms with E-state index in [0.29, 0.717) is 28.6 Å². The SMILES string of the molecule is Cc1nn(-c2ccc(F)cc2)c(N)c1-c1nn[nH]n1. The van der Waals surface area contributed by atoms with Gasteiger partial charge in [-0.15, -0.1) is 10.2 Å². The van der Waals surface area contributed by atoms with Crippen LogP contribution in [-0.4, -0.2) is 30.4 Å². The second kappa shape index (κ2) is 4.16. The molecule has 0 saturated carbocycles. The molecule has 0 aliphatic carbocycles. The fourth-order valence-electron chi connectivity index (χ4n) is 1.87. The number of hydrogen-bond donors (Lipinski definition) is 2. The highest BCUT2D eigenvalue weighted by molar-refractivity contribution is 5.72. The molecule has 0 spiro atoms. The van der Waals surface area contributed by atoms with Crippen molar-refractivity contribution in [2.45, 2.75) is 6.92 Å². The zero-order chi connectivity index (χ0) is 13.4. The first kappa shape index (κ1) is 11.3. The van der Waals surface area contributed by atoms with Gasteiger partial charge in [-0.3, -0.25) is 0 Å². The number of anilines is 1. The quantitative estimate of drug-likeness (QED) is 0.717. The maximum absolute atomic E-state index is 12.9. The monoisotopic (exact) mass is 259 g/mol. The number of nitrogens with one attached hydrogen (secondary N) is 1. The first-order valence-corrected chi connectivity index (χ1v) is 5.51. The number of nitrogens with two attached hydrogens (primary N) is 1. The molecule has 8 heteroatoms. The Morgan fingerprint density at radius 1 is 1.26 bits per heavy atom. The molecule has 7 nitrogen and oxygen atoms in total. The fraction of sp³-hybridized carbons (Fsp3) is 0.0909. The molecule has 3 N–H and O–H groups in total. The molecule has 96 valence electrons. The smallest absolute Gasteiger partial charge is 0.210 e. The van der Waals surface area contributed by atoms with Crippen molar-refractivity contribution in [3.05, 3.63) is 35.8 Å². The molecule has 1 aromatic carbocycles. The summed E-state index contributed by atoms with van der Waals surface area (Å²) in [4.78, 5) is 0. The molecule has 0 saturated heterocycles. The number of hydrogen-bond acceptors (Lipinski definition) is 5. The van der Waals surface area contributed by atoms with E-state index >= 15 is 0 Å². The highest BCUT2D eigenvalue weighted by Crippen LogP contribution is 2.27. The molecule has 0 radical (unpaired) electrons. The topological polar surface area (TPSA) is 98.3 Å². The fourth-order valence-corrected chi connectivity index (χ4v) is 1.87. The zero-order valence-corrected chi connectivity index (χ0v) is 10.0. The summed E-state index contributed by atoms with van der Waals surface area (Å²) in [7, 11) is 0. The van der Waals surface area contributed by atoms with Gasteiger partial charge in [-0.2, -0.15) is 10.3 Å². The Kier molecular flexibility index (Phi) is 2.48. The predicted molar refractivity (Wildman–Crippen MR) is 65.8 cm³/mol. The van der Waals surface area contributed by atoms with Crippen molar-refractivity contribution in [2.24, 2.45) is 0 Å². The number of nitrogens with zero attached hydrogens (tertiary/aromatic N) is 5. The normalized spacial score (nSPS) is 10.8. The van der Waals surface area contributed by atoms with Crippen LogP contribution in [0.1, 0.15) is 5.69 Å². The summed E-state index contributed by atoms with van der Waals surface area (Å²) in [5.41, 5.74) is 7.99. The van der Waals surface area contributed by atoms with Crippen molar-refractivity contribution in [2.75, 3.05) is 5.73 Å². The molecule has 0 aliphatic heterocycles. The van der Waals surface area contributed by atoms with Crippen molar-refractivity contribution >= 4 is 5.82 Å². The summed E-state index contributed by atoms with van der Waals surface area (Å²) >= 11 is 0. The summed E-state index contributed by atoms with van der Waals surface area (Å²) in [5.74, 6) is 0.443. The number of H-pyrrole nitrogens is 1. The van der Waals surface area contributed by atoms with E-state index in [0.717, 1.165) is 0 Å². The van der Waals surface area contributed by atoms with Gasteiger partial charge in [0.2, 0.25) is 5.82 Å². The highest BCUT2D eigenvalue weighted by Gasteiger charge is 2.18. The van der Waals surface area contributed by atoms with Crippen LogP contribution in [0.4, 0.5) is 10.2 Å². The molecule has 0 bridgehead atoms. The van der Waals surface area contributed by atoms with E-state index < -0.39 is 0 Å². The van der Waals surface area contributed by atoms with E-state index in [9.17, 15) is 4.39 Å². The molecule has 0 fully saturated rings. The number of nitrogen functional groups attached to an aromatic ring is 1. The number of tetrazole rings is 1. The van der Waals surface area contributed by atoms with Gasteiger partial charge in [0.25, 0.3) is 0 Å². The third kappa shape index (κ3) is 1.82. The van der Waals surface area contributed by atoms with E-state index in [1.807, 2.05) is 0 Å². The van der Waals surface area contributed by atoms with Crippen molar-refractivity contribution in [3.63, 3.8) is 0 Å². The summed E-state index contributed by atoms with van der Waals surface area (Å²) in [6.45, 7) is 1.79. The Hall–Kier alpha value is -2.77. The lowest BCUT2D eigenvalue weighted by atomic mass is 10.2. The van der Waals surface area contributed by atoms with Gasteiger partial charge < -0.3 is 5.73 Å². The number of aromatic amines is 1. The molecule has 0 amide bonds. The van der Waals surface area contributed by atoms with Crippen LogP contribution in [0.5, 0.6) is 0 Å². The molecule has 0 atom stereocenters. The van der Waals surface area contributed by atoms with Crippen LogP contribution in [0.3, 0.4) is 0 Å². The Balaban J connectivity index is 2.14. The Bertz CT molecular complexity index is 699. The maximum Gasteiger partial charge on any atom is 0.210 e. The summed E-state index contributed by atoms with van der Waals surface area (Å²) < 4.78 is 14.4. The highest BCUT2D eigenvalue weighted by atomic mass is 19.1. The predicted octanol–water partition coefficient (Wildman–Crippen LogP) is 1.08. The van der Waals surface area contributed by atoms with Gasteiger partial charge in [0.15, 0.2) is 0 Å². The number of aromatic nitrogens is 6. The van der Waals surface area contributed by atoms with Gasteiger partial charge in [-0.25, -0.2) is 9.07 Å². The number of aryl methyl sites for hydroxylation is 1. The van der Waals surface area contributed by atoms with Crippen LogP contribution in [0, 0.1) is 12.7 Å². The van der Waals surface area contributed by atoms with Crippen molar-refractivity contribution in [3.8, 4) is 17.1 Å². The summed E-state index contributed by atoms with van der Waals surface area (Å²) in [6.07, 6.45) is 0. The van der Waals surface area contributed by atoms with Crippen LogP contribution in [0.15, 0.2) is 24.3 Å². The van der Waals surface area contributed by atoms with E-state index in [-0.39, 0.29) is 5.82 Å². The molecule has 3 rings (SSSR count). The number of halogens is 1. The van der Waals surface area contributed by atoms with Gasteiger partial charge in [0.1, 0.15) is 11.6 Å². The molecule has 19 heavy (non-hydrogen) atoms. The second-order valence-electron chi connectivity index (χ2n) is 3.97. The maximum atomic E-state index is 12.9. The lowest BCUT2D eigenvalue weighted by molar-refractivity contribution is 0.627. The minimum Gasteiger partial charge on any atom is -0.383 e. The van der Waals surface area contributed by atoms with Gasteiger partial charge >= 0.3 is 0 Å². The summed E-state index contributed by atoms with van der Waals surface area (Å²) in [6, 6.07) is 5.88. The Morgan fingerprint density at radius 2 is 2.00 bits per heavy atom. The molecule has 0 unspecified atom stereocenters. The van der Waals surface area contributed by atoms with Crippen LogP contribution in [0.25, 0.3) is 17.1 Å². The summed E-state index contributed by atoms with van der Waals surface area (Å²) in [5, 5.41) is 18.0. The lowest BCUT2D eigenvalue weighted by Crippen LogP contribution is -2.02. The van der Waals surface area contributed by atoms with Gasteiger partial charge in [0.05, 0.1) is 16.9 Å². The van der Waals surface area contributed by atoms with Crippen LogP contribution in [0.2, 0.25) is 0 Å². The molecule has 2 aromatic heterocycles. The second-order valence-corrected chi connectivity index (χ2v) is 3.97. The molecule has 2 heterocycles. The van der Waals surface area contributed by atoms with E-state index in [1.54, 1.807) is 19.1 Å². The lowest BCUT2D eigenvalue weighted by Gasteiger charge is -2.03. The number of rotatable bonds is 2. The molecular weight excluding hydrogens is 249 g/mol. The third-order valence-corrected chi connectivity index (χ3v) is 2.74. The van der Waals surface area contributed by atoms with Gasteiger partial charge in [-0.05, 0) is 36.4 Å². The van der Waals surface area contributed by atoms with Crippen molar-refractivity contribution in [1.82, 2.24) is 30.4 Å².